The lowest BCUT2D eigenvalue weighted by Crippen LogP contribution is -2.50. The number of nitrogens with two attached hydrogens (primary N) is 1. The molecule has 1 aliphatic heterocycles. The third kappa shape index (κ3) is 5.58. The third-order valence-electron chi connectivity index (χ3n) is 6.11. The van der Waals surface area contributed by atoms with E-state index in [0.29, 0.717) is 23.6 Å². The Bertz CT molecular complexity index is 1150. The number of nitrogens with one attached hydrogen (secondary N) is 3. The Morgan fingerprint density at radius 3 is 2.42 bits per heavy atom. The van der Waals surface area contributed by atoms with Crippen LogP contribution in [0.4, 0.5) is 0 Å². The molecule has 2 amide bonds. The number of sulfonamides is 1. The maximum absolute atomic E-state index is 12.9. The minimum absolute atomic E-state index is 0.0233. The maximum atomic E-state index is 12.9. The van der Waals surface area contributed by atoms with Crippen LogP contribution >= 0.6 is 0 Å². The fraction of sp³-hybridized carbons (Fsp3) is 0.348. The quantitative estimate of drug-likeness (QED) is 0.313. The number of fused-ring (bicyclic) bond motifs is 1. The van der Waals surface area contributed by atoms with E-state index in [1.165, 1.54) is 4.90 Å². The number of nitrogens with zero attached hydrogens (tertiary/aromatic N) is 1. The molecule has 0 spiro atoms. The lowest BCUT2D eigenvalue weighted by atomic mass is 10.1. The first-order valence-corrected chi connectivity index (χ1v) is 12.4. The zero-order valence-electron chi connectivity index (χ0n) is 18.0. The second-order valence-electron chi connectivity index (χ2n) is 8.54. The molecule has 10 heteroatoms. The van der Waals surface area contributed by atoms with Crippen molar-refractivity contribution in [2.75, 3.05) is 13.1 Å². The summed E-state index contributed by atoms with van der Waals surface area (Å²) in [5, 5.41) is 10.3. The Hall–Kier alpha value is -3.24. The highest BCUT2D eigenvalue weighted by Gasteiger charge is 2.56. The monoisotopic (exact) mass is 469 g/mol. The third-order valence-corrected chi connectivity index (χ3v) is 7.41. The molecule has 4 rings (SSSR count). The first-order valence-electron chi connectivity index (χ1n) is 10.8. The summed E-state index contributed by atoms with van der Waals surface area (Å²) in [5.74, 6) is -0.458. The number of carbonyl (C=O) groups excluding carboxylic acids is 2. The highest BCUT2D eigenvalue weighted by atomic mass is 32.2. The van der Waals surface area contributed by atoms with Crippen LogP contribution in [0.2, 0.25) is 0 Å². The first kappa shape index (κ1) is 22.9. The predicted molar refractivity (Wildman–Crippen MR) is 123 cm³/mol. The molecular weight excluding hydrogens is 442 g/mol. The molecule has 1 saturated carbocycles. The summed E-state index contributed by atoms with van der Waals surface area (Å²) in [7, 11) is -3.68. The number of amidine groups is 1. The van der Waals surface area contributed by atoms with E-state index in [9.17, 15) is 18.0 Å². The van der Waals surface area contributed by atoms with Crippen LogP contribution in [-0.2, 0) is 31.9 Å². The van der Waals surface area contributed by atoms with Crippen LogP contribution in [0.3, 0.4) is 0 Å². The summed E-state index contributed by atoms with van der Waals surface area (Å²) < 4.78 is 27.1. The molecule has 5 N–H and O–H groups in total. The topological polar surface area (TPSA) is 145 Å². The van der Waals surface area contributed by atoms with Crippen LogP contribution in [-0.4, -0.2) is 50.1 Å². The summed E-state index contributed by atoms with van der Waals surface area (Å²) in [6.07, 6.45) is 0.898. The van der Waals surface area contributed by atoms with Gasteiger partial charge in [-0.2, -0.15) is 0 Å². The summed E-state index contributed by atoms with van der Waals surface area (Å²) in [4.78, 5) is 27.2. The van der Waals surface area contributed by atoms with Gasteiger partial charge in [0.15, 0.2) is 0 Å². The Balaban J connectivity index is 1.32. The van der Waals surface area contributed by atoms with E-state index in [0.717, 1.165) is 12.0 Å². The largest absolute Gasteiger partial charge is 0.384 e. The van der Waals surface area contributed by atoms with E-state index in [1.807, 2.05) is 0 Å². The van der Waals surface area contributed by atoms with Crippen LogP contribution in [0.1, 0.15) is 23.1 Å². The van der Waals surface area contributed by atoms with Crippen molar-refractivity contribution < 1.29 is 18.0 Å². The Morgan fingerprint density at radius 1 is 1.06 bits per heavy atom. The standard InChI is InChI=1S/C23H27N5O4S/c24-22(25)17-8-6-15(7-9-17)11-26-23(30)21-19-10-18(19)13-28(21)20(29)12-27-33(31,32)14-16-4-2-1-3-5-16/h1-9,18-19,21,27H,10-14H2,(H3,24,25)(H,26,30). The SMILES string of the molecule is N=C(N)c1ccc(CNC(=O)C2C3CC3CN2C(=O)CNS(=O)(=O)Cc2ccccc2)cc1. The van der Waals surface area contributed by atoms with E-state index in [-0.39, 0.29) is 36.5 Å². The number of hydrogen-bond acceptors (Lipinski definition) is 5. The number of nitrogen functional groups attached to an aromatic ring is 1. The van der Waals surface area contributed by atoms with Crippen molar-refractivity contribution in [3.05, 3.63) is 71.3 Å². The van der Waals surface area contributed by atoms with Gasteiger partial charge in [0, 0.05) is 18.7 Å². The normalized spacial score (nSPS) is 21.3. The van der Waals surface area contributed by atoms with Gasteiger partial charge in [-0.3, -0.25) is 15.0 Å². The number of carbonyl (C=O) groups is 2. The molecule has 9 nitrogen and oxygen atoms in total. The van der Waals surface area contributed by atoms with Crippen molar-refractivity contribution in [1.82, 2.24) is 14.9 Å². The molecule has 3 unspecified atom stereocenters. The molecule has 3 atom stereocenters. The predicted octanol–water partition coefficient (Wildman–Crippen LogP) is 0.553. The van der Waals surface area contributed by atoms with Crippen molar-refractivity contribution in [2.45, 2.75) is 24.8 Å². The van der Waals surface area contributed by atoms with Crippen molar-refractivity contribution in [3.8, 4) is 0 Å². The number of benzene rings is 2. The van der Waals surface area contributed by atoms with Crippen molar-refractivity contribution in [1.29, 1.82) is 5.41 Å². The molecule has 1 heterocycles. The number of piperidine rings is 1. The van der Waals surface area contributed by atoms with Gasteiger partial charge >= 0.3 is 0 Å². The van der Waals surface area contributed by atoms with E-state index < -0.39 is 22.0 Å². The molecule has 33 heavy (non-hydrogen) atoms. The second-order valence-corrected chi connectivity index (χ2v) is 10.4. The summed E-state index contributed by atoms with van der Waals surface area (Å²) >= 11 is 0. The van der Waals surface area contributed by atoms with Gasteiger partial charge < -0.3 is 16.0 Å². The molecule has 2 aromatic carbocycles. The van der Waals surface area contributed by atoms with Gasteiger partial charge in [0.25, 0.3) is 0 Å². The number of hydrogen-bond donors (Lipinski definition) is 4. The van der Waals surface area contributed by atoms with Crippen LogP contribution in [0, 0.1) is 17.2 Å². The lowest BCUT2D eigenvalue weighted by molar-refractivity contribution is -0.138. The van der Waals surface area contributed by atoms with Gasteiger partial charge in [0.2, 0.25) is 21.8 Å². The number of amides is 2. The minimum Gasteiger partial charge on any atom is -0.384 e. The van der Waals surface area contributed by atoms with Gasteiger partial charge in [0.05, 0.1) is 12.3 Å². The van der Waals surface area contributed by atoms with Gasteiger partial charge in [-0.15, -0.1) is 0 Å². The first-order chi connectivity index (χ1) is 15.7. The van der Waals surface area contributed by atoms with Gasteiger partial charge in [-0.05, 0) is 29.4 Å². The molecule has 1 saturated heterocycles. The Kier molecular flexibility index (Phi) is 6.48. The van der Waals surface area contributed by atoms with E-state index >= 15 is 0 Å². The van der Waals surface area contributed by atoms with E-state index in [4.69, 9.17) is 11.1 Å². The van der Waals surface area contributed by atoms with Crippen molar-refractivity contribution in [2.24, 2.45) is 17.6 Å². The molecule has 2 aromatic rings. The van der Waals surface area contributed by atoms with Crippen LogP contribution in [0.15, 0.2) is 54.6 Å². The Labute approximate surface area is 192 Å². The highest BCUT2D eigenvalue weighted by Crippen LogP contribution is 2.49. The van der Waals surface area contributed by atoms with Crippen LogP contribution in [0.5, 0.6) is 0 Å². The molecular formula is C23H27N5O4S. The summed E-state index contributed by atoms with van der Waals surface area (Å²) in [6.45, 7) is 0.386. The lowest BCUT2D eigenvalue weighted by Gasteiger charge is -2.27. The molecule has 2 aliphatic rings. The maximum Gasteiger partial charge on any atom is 0.243 e. The van der Waals surface area contributed by atoms with E-state index in [2.05, 4.69) is 10.0 Å². The average Bonchev–Trinajstić information content (AvgIpc) is 3.45. The van der Waals surface area contributed by atoms with Gasteiger partial charge in [-0.1, -0.05) is 54.6 Å². The highest BCUT2D eigenvalue weighted by molar-refractivity contribution is 7.88. The van der Waals surface area contributed by atoms with Crippen molar-refractivity contribution in [3.63, 3.8) is 0 Å². The molecule has 174 valence electrons. The molecule has 0 radical (unpaired) electrons. The fourth-order valence-corrected chi connectivity index (χ4v) is 5.35. The molecule has 2 fully saturated rings. The summed E-state index contributed by atoms with van der Waals surface area (Å²) in [6, 6.07) is 15.2. The smallest absolute Gasteiger partial charge is 0.243 e. The molecule has 0 aromatic heterocycles. The number of likely N-dealkylation sites (tertiary alicyclic amines) is 1. The molecule has 1 aliphatic carbocycles. The van der Waals surface area contributed by atoms with Crippen LogP contribution < -0.4 is 15.8 Å². The molecule has 0 bridgehead atoms. The van der Waals surface area contributed by atoms with Gasteiger partial charge in [0.1, 0.15) is 11.9 Å². The Morgan fingerprint density at radius 2 is 1.76 bits per heavy atom. The summed E-state index contributed by atoms with van der Waals surface area (Å²) in [5.41, 5.74) is 7.55. The zero-order chi connectivity index (χ0) is 23.6. The zero-order valence-corrected chi connectivity index (χ0v) is 18.8. The minimum atomic E-state index is -3.68. The second kappa shape index (κ2) is 9.32. The van der Waals surface area contributed by atoms with Crippen LogP contribution in [0.25, 0.3) is 0 Å². The fourth-order valence-electron chi connectivity index (χ4n) is 4.27. The van der Waals surface area contributed by atoms with Crippen molar-refractivity contribution >= 4 is 27.7 Å². The van der Waals surface area contributed by atoms with Gasteiger partial charge in [-0.25, -0.2) is 13.1 Å². The number of rotatable bonds is 9. The average molecular weight is 470 g/mol. The van der Waals surface area contributed by atoms with E-state index in [1.54, 1.807) is 54.6 Å².